The van der Waals surface area contributed by atoms with Crippen LogP contribution in [0.15, 0.2) is 47.4 Å². The molecule has 2 aromatic rings. The Balaban J connectivity index is 1.80. The second-order valence-corrected chi connectivity index (χ2v) is 10.9. The molecule has 0 aliphatic carbocycles. The summed E-state index contributed by atoms with van der Waals surface area (Å²) in [4.78, 5) is 14.9. The summed E-state index contributed by atoms with van der Waals surface area (Å²) in [6.07, 6.45) is -0.573. The molecule has 1 saturated heterocycles. The van der Waals surface area contributed by atoms with Crippen molar-refractivity contribution in [2.24, 2.45) is 0 Å². The van der Waals surface area contributed by atoms with E-state index in [4.69, 9.17) is 11.6 Å². The summed E-state index contributed by atoms with van der Waals surface area (Å²) in [5.74, 6) is -0.608. The first-order chi connectivity index (χ1) is 16.5. The van der Waals surface area contributed by atoms with Gasteiger partial charge in [-0.25, -0.2) is 8.42 Å². The van der Waals surface area contributed by atoms with Crippen LogP contribution in [0.25, 0.3) is 0 Å². The molecule has 0 bridgehead atoms. The van der Waals surface area contributed by atoms with E-state index in [1.807, 2.05) is 0 Å². The summed E-state index contributed by atoms with van der Waals surface area (Å²) in [7, 11) is -4.33. The first-order valence-corrected chi connectivity index (χ1v) is 13.3. The lowest BCUT2D eigenvalue weighted by molar-refractivity contribution is -0.137. The number of hydrogen-bond donors (Lipinski definition) is 1. The number of likely N-dealkylation sites (tertiary alicyclic amines) is 1. The number of piperidine rings is 1. The van der Waals surface area contributed by atoms with Crippen LogP contribution < -0.4 is 9.62 Å². The number of sulfonamides is 1. The number of halogens is 4. The van der Waals surface area contributed by atoms with Crippen LogP contribution in [0.5, 0.6) is 0 Å². The number of carbonyl (C=O) groups is 1. The summed E-state index contributed by atoms with van der Waals surface area (Å²) in [6, 6.07) is 8.66. The highest BCUT2D eigenvalue weighted by molar-refractivity contribution is 7.92. The number of nitrogens with zero attached hydrogens (tertiary/aromatic N) is 2. The molecule has 0 aromatic heterocycles. The van der Waals surface area contributed by atoms with E-state index in [1.54, 1.807) is 19.1 Å². The molecule has 1 aliphatic heterocycles. The van der Waals surface area contributed by atoms with Crippen LogP contribution in [0, 0.1) is 6.92 Å². The molecule has 1 aliphatic rings. The van der Waals surface area contributed by atoms with Crippen LogP contribution in [0.1, 0.15) is 36.8 Å². The number of nitrogens with one attached hydrogen (secondary N) is 1. The molecule has 0 unspecified atom stereocenters. The minimum absolute atomic E-state index is 0.135. The average Bonchev–Trinajstić information content (AvgIpc) is 2.81. The van der Waals surface area contributed by atoms with E-state index < -0.39 is 39.2 Å². The molecular formula is C24H29ClF3N3O3S. The number of hydrogen-bond acceptors (Lipinski definition) is 4. The number of benzene rings is 2. The Morgan fingerprint density at radius 1 is 1.09 bits per heavy atom. The number of rotatable bonds is 9. The zero-order valence-electron chi connectivity index (χ0n) is 19.4. The van der Waals surface area contributed by atoms with Crippen molar-refractivity contribution < 1.29 is 26.4 Å². The van der Waals surface area contributed by atoms with Crippen LogP contribution in [0.3, 0.4) is 0 Å². The Bertz CT molecular complexity index is 1120. The summed E-state index contributed by atoms with van der Waals surface area (Å²) in [5.41, 5.74) is -0.665. The molecule has 6 nitrogen and oxygen atoms in total. The number of amides is 1. The van der Waals surface area contributed by atoms with Crippen LogP contribution in [-0.4, -0.2) is 51.9 Å². The van der Waals surface area contributed by atoms with Crippen LogP contribution in [-0.2, 0) is 21.0 Å². The van der Waals surface area contributed by atoms with Crippen molar-refractivity contribution in [2.75, 3.05) is 37.0 Å². The molecule has 0 spiro atoms. The zero-order valence-corrected chi connectivity index (χ0v) is 21.0. The highest BCUT2D eigenvalue weighted by Crippen LogP contribution is 2.38. The maximum Gasteiger partial charge on any atom is 0.417 e. The van der Waals surface area contributed by atoms with Crippen molar-refractivity contribution in [3.05, 3.63) is 58.6 Å². The summed E-state index contributed by atoms with van der Waals surface area (Å²) < 4.78 is 67.8. The maximum atomic E-state index is 13.4. The highest BCUT2D eigenvalue weighted by atomic mass is 35.5. The molecule has 0 atom stereocenters. The summed E-state index contributed by atoms with van der Waals surface area (Å²) in [5, 5.41) is 2.13. The second kappa shape index (κ2) is 11.6. The van der Waals surface area contributed by atoms with Crippen molar-refractivity contribution in [1.82, 2.24) is 10.2 Å². The number of anilines is 1. The topological polar surface area (TPSA) is 69.7 Å². The Labute approximate surface area is 209 Å². The molecule has 11 heteroatoms. The number of aryl methyl sites for hydroxylation is 1. The molecule has 35 heavy (non-hydrogen) atoms. The van der Waals surface area contributed by atoms with Crippen molar-refractivity contribution in [3.63, 3.8) is 0 Å². The van der Waals surface area contributed by atoms with Gasteiger partial charge in [-0.3, -0.25) is 9.10 Å². The largest absolute Gasteiger partial charge is 0.417 e. The fraction of sp³-hybridized carbons (Fsp3) is 0.458. The monoisotopic (exact) mass is 531 g/mol. The molecular weight excluding hydrogens is 503 g/mol. The van der Waals surface area contributed by atoms with Gasteiger partial charge in [0.15, 0.2) is 0 Å². The predicted molar refractivity (Wildman–Crippen MR) is 130 cm³/mol. The van der Waals surface area contributed by atoms with Gasteiger partial charge in [-0.15, -0.1) is 0 Å². The summed E-state index contributed by atoms with van der Waals surface area (Å²) in [6.45, 7) is 4.31. The van der Waals surface area contributed by atoms with Crippen LogP contribution in [0.4, 0.5) is 18.9 Å². The van der Waals surface area contributed by atoms with Gasteiger partial charge < -0.3 is 10.2 Å². The standard InChI is InChI=1S/C24H29ClF3N3O3S/c1-18-6-9-20(10-7-18)35(33,34)31(19-8-11-22(25)21(16-19)24(26,27)28)17-23(32)29-12-5-15-30-13-3-2-4-14-30/h6-11,16H,2-5,12-15,17H2,1H3,(H,29,32). The van der Waals surface area contributed by atoms with Gasteiger partial charge in [0, 0.05) is 6.54 Å². The SMILES string of the molecule is Cc1ccc(S(=O)(=O)N(CC(=O)NCCCN2CCCCC2)c2ccc(Cl)c(C(F)(F)F)c2)cc1. The van der Waals surface area contributed by atoms with Gasteiger partial charge in [0.1, 0.15) is 6.54 Å². The number of alkyl halides is 3. The van der Waals surface area contributed by atoms with Gasteiger partial charge in [0.25, 0.3) is 10.0 Å². The van der Waals surface area contributed by atoms with Gasteiger partial charge >= 0.3 is 6.18 Å². The zero-order chi connectivity index (χ0) is 25.6. The molecule has 1 fully saturated rings. The Morgan fingerprint density at radius 3 is 2.37 bits per heavy atom. The quantitative estimate of drug-likeness (QED) is 0.469. The van der Waals surface area contributed by atoms with Gasteiger partial charge in [0.2, 0.25) is 5.91 Å². The third-order valence-corrected chi connectivity index (χ3v) is 7.98. The highest BCUT2D eigenvalue weighted by Gasteiger charge is 2.35. The molecule has 192 valence electrons. The molecule has 3 rings (SSSR count). The predicted octanol–water partition coefficient (Wildman–Crippen LogP) is 4.85. The van der Waals surface area contributed by atoms with Gasteiger partial charge in [0.05, 0.1) is 21.2 Å². The minimum atomic E-state index is -4.79. The second-order valence-electron chi connectivity index (χ2n) is 8.59. The van der Waals surface area contributed by atoms with E-state index >= 15 is 0 Å². The molecule has 2 aromatic carbocycles. The Hall–Kier alpha value is -2.30. The first kappa shape index (κ1) is 27.3. The van der Waals surface area contributed by atoms with E-state index in [9.17, 15) is 26.4 Å². The average molecular weight is 532 g/mol. The van der Waals surface area contributed by atoms with Crippen molar-refractivity contribution in [1.29, 1.82) is 0 Å². The minimum Gasteiger partial charge on any atom is -0.354 e. The van der Waals surface area contributed by atoms with E-state index in [2.05, 4.69) is 10.2 Å². The third-order valence-electron chi connectivity index (χ3n) is 5.86. The third kappa shape index (κ3) is 7.35. The first-order valence-electron chi connectivity index (χ1n) is 11.4. The smallest absolute Gasteiger partial charge is 0.354 e. The lowest BCUT2D eigenvalue weighted by Crippen LogP contribution is -2.41. The van der Waals surface area contributed by atoms with E-state index in [-0.39, 0.29) is 10.6 Å². The lowest BCUT2D eigenvalue weighted by Gasteiger charge is -2.27. The van der Waals surface area contributed by atoms with E-state index in [0.29, 0.717) is 23.3 Å². The molecule has 1 amide bonds. The van der Waals surface area contributed by atoms with Crippen LogP contribution >= 0.6 is 11.6 Å². The summed E-state index contributed by atoms with van der Waals surface area (Å²) >= 11 is 5.72. The molecule has 1 N–H and O–H groups in total. The van der Waals surface area contributed by atoms with Crippen molar-refractivity contribution >= 4 is 33.2 Å². The lowest BCUT2D eigenvalue weighted by atomic mass is 10.1. The molecule has 1 heterocycles. The number of carbonyl (C=O) groups excluding carboxylic acids is 1. The van der Waals surface area contributed by atoms with Gasteiger partial charge in [-0.1, -0.05) is 35.7 Å². The normalized spacial score (nSPS) is 15.1. The Kier molecular flexibility index (Phi) is 9.06. The Morgan fingerprint density at radius 2 is 1.74 bits per heavy atom. The van der Waals surface area contributed by atoms with Crippen molar-refractivity contribution in [2.45, 2.75) is 43.7 Å². The fourth-order valence-electron chi connectivity index (χ4n) is 3.94. The van der Waals surface area contributed by atoms with E-state index in [1.165, 1.54) is 18.6 Å². The molecule has 0 saturated carbocycles. The van der Waals surface area contributed by atoms with Crippen molar-refractivity contribution in [3.8, 4) is 0 Å². The fourth-order valence-corrected chi connectivity index (χ4v) is 5.58. The maximum absolute atomic E-state index is 13.4. The van der Waals surface area contributed by atoms with E-state index in [0.717, 1.165) is 50.2 Å². The van der Waals surface area contributed by atoms with Gasteiger partial charge in [-0.05, 0) is 76.2 Å². The van der Waals surface area contributed by atoms with Gasteiger partial charge in [-0.2, -0.15) is 13.2 Å². The van der Waals surface area contributed by atoms with Crippen LogP contribution in [0.2, 0.25) is 5.02 Å². The molecule has 0 radical (unpaired) electrons.